The molecule has 2 fully saturated rings. The van der Waals surface area contributed by atoms with E-state index in [-0.39, 0.29) is 17.2 Å². The van der Waals surface area contributed by atoms with Gasteiger partial charge in [0, 0.05) is 39.5 Å². The number of hydrogen-bond acceptors (Lipinski definition) is 4. The number of ether oxygens (including phenoxy) is 1. The van der Waals surface area contributed by atoms with Crippen molar-refractivity contribution in [1.82, 2.24) is 19.4 Å². The van der Waals surface area contributed by atoms with Crippen LogP contribution in [0.15, 0.2) is 30.6 Å². The van der Waals surface area contributed by atoms with Crippen molar-refractivity contribution < 1.29 is 14.3 Å². The first-order valence-corrected chi connectivity index (χ1v) is 9.65. The highest BCUT2D eigenvalue weighted by atomic mass is 16.5. The molecule has 4 rings (SSSR count). The Morgan fingerprint density at radius 3 is 2.81 bits per heavy atom. The number of carbonyl (C=O) groups excluding carboxylic acids is 2. The molecule has 2 aromatic heterocycles. The summed E-state index contributed by atoms with van der Waals surface area (Å²) in [5.41, 5.74) is 1.15. The lowest BCUT2D eigenvalue weighted by molar-refractivity contribution is -0.150. The lowest BCUT2D eigenvalue weighted by Gasteiger charge is -2.46. The normalized spacial score (nSPS) is 19.8. The minimum absolute atomic E-state index is 0.00514. The molecule has 4 heterocycles. The van der Waals surface area contributed by atoms with Crippen LogP contribution in [0, 0.1) is 5.41 Å². The van der Waals surface area contributed by atoms with E-state index in [9.17, 15) is 9.59 Å². The standard InChI is InChI=1S/C20H26N4O3/c1-27-14-13-23-9-4-6-20(19(23)26)7-11-22(12-8-20)18(25)16-15-21-24-10-3-2-5-17(16)24/h2-3,5,10,15H,4,6-9,11-14H2,1H3. The Hall–Kier alpha value is -2.41. The molecular formula is C20H26N4O3. The van der Waals surface area contributed by atoms with Crippen molar-refractivity contribution >= 4 is 17.3 Å². The smallest absolute Gasteiger partial charge is 0.257 e. The average molecular weight is 370 g/mol. The third kappa shape index (κ3) is 3.20. The molecule has 0 aliphatic carbocycles. The van der Waals surface area contributed by atoms with Crippen molar-refractivity contribution in [1.29, 1.82) is 0 Å². The van der Waals surface area contributed by atoms with Crippen molar-refractivity contribution in [3.63, 3.8) is 0 Å². The molecule has 0 atom stereocenters. The summed E-state index contributed by atoms with van der Waals surface area (Å²) in [4.78, 5) is 29.8. The summed E-state index contributed by atoms with van der Waals surface area (Å²) < 4.78 is 6.86. The lowest BCUT2D eigenvalue weighted by Crippen LogP contribution is -2.54. The van der Waals surface area contributed by atoms with Crippen LogP contribution in [0.25, 0.3) is 5.52 Å². The predicted octanol–water partition coefficient (Wildman–Crippen LogP) is 1.83. The number of rotatable bonds is 4. The van der Waals surface area contributed by atoms with Gasteiger partial charge in [-0.15, -0.1) is 0 Å². The molecule has 0 unspecified atom stereocenters. The van der Waals surface area contributed by atoms with E-state index in [2.05, 4.69) is 5.10 Å². The third-order valence-corrected chi connectivity index (χ3v) is 6.05. The number of hydrogen-bond donors (Lipinski definition) is 0. The van der Waals surface area contributed by atoms with Crippen LogP contribution in [0.4, 0.5) is 0 Å². The maximum absolute atomic E-state index is 13.0. The molecule has 2 aliphatic heterocycles. The Bertz CT molecular complexity index is 839. The summed E-state index contributed by atoms with van der Waals surface area (Å²) in [6, 6.07) is 5.71. The van der Waals surface area contributed by atoms with Gasteiger partial charge in [-0.3, -0.25) is 9.59 Å². The van der Waals surface area contributed by atoms with Crippen LogP contribution >= 0.6 is 0 Å². The second kappa shape index (κ2) is 7.31. The summed E-state index contributed by atoms with van der Waals surface area (Å²) in [6.45, 7) is 3.28. The van der Waals surface area contributed by atoms with Gasteiger partial charge in [-0.05, 0) is 37.8 Å². The molecule has 2 saturated heterocycles. The van der Waals surface area contributed by atoms with E-state index in [1.807, 2.05) is 34.2 Å². The second-order valence-electron chi connectivity index (χ2n) is 7.55. The first-order valence-electron chi connectivity index (χ1n) is 9.65. The van der Waals surface area contributed by atoms with Gasteiger partial charge in [0.25, 0.3) is 5.91 Å². The van der Waals surface area contributed by atoms with Gasteiger partial charge in [0.15, 0.2) is 0 Å². The zero-order valence-electron chi connectivity index (χ0n) is 15.8. The minimum atomic E-state index is -0.302. The molecule has 0 bridgehead atoms. The SMILES string of the molecule is COCCN1CCCC2(CCN(C(=O)c3cnn4ccccc34)CC2)C1=O. The van der Waals surface area contributed by atoms with E-state index in [0.717, 1.165) is 37.7 Å². The first-order chi connectivity index (χ1) is 13.1. The third-order valence-electron chi connectivity index (χ3n) is 6.05. The molecule has 2 aliphatic rings. The Kier molecular flexibility index (Phi) is 4.86. The van der Waals surface area contributed by atoms with Crippen molar-refractivity contribution in [3.8, 4) is 0 Å². The molecule has 0 aromatic carbocycles. The zero-order valence-corrected chi connectivity index (χ0v) is 15.8. The fourth-order valence-electron chi connectivity index (χ4n) is 4.44. The summed E-state index contributed by atoms with van der Waals surface area (Å²) in [5.74, 6) is 0.249. The molecule has 7 nitrogen and oxygen atoms in total. The van der Waals surface area contributed by atoms with Crippen LogP contribution in [0.3, 0.4) is 0 Å². The van der Waals surface area contributed by atoms with Crippen LogP contribution in [0.5, 0.6) is 0 Å². The minimum Gasteiger partial charge on any atom is -0.383 e. The molecule has 2 aromatic rings. The van der Waals surface area contributed by atoms with Crippen LogP contribution in [0.1, 0.15) is 36.0 Å². The van der Waals surface area contributed by atoms with Crippen LogP contribution < -0.4 is 0 Å². The van der Waals surface area contributed by atoms with Crippen molar-refractivity contribution in [2.24, 2.45) is 5.41 Å². The highest BCUT2D eigenvalue weighted by Crippen LogP contribution is 2.41. The van der Waals surface area contributed by atoms with Gasteiger partial charge in [-0.2, -0.15) is 5.10 Å². The number of fused-ring (bicyclic) bond motifs is 1. The number of pyridine rings is 1. The molecule has 0 radical (unpaired) electrons. The maximum atomic E-state index is 13.0. The molecule has 0 N–H and O–H groups in total. The fraction of sp³-hybridized carbons (Fsp3) is 0.550. The monoisotopic (exact) mass is 370 g/mol. The molecule has 2 amide bonds. The molecule has 0 saturated carbocycles. The number of likely N-dealkylation sites (tertiary alicyclic amines) is 2. The Morgan fingerprint density at radius 1 is 1.22 bits per heavy atom. The van der Waals surface area contributed by atoms with Gasteiger partial charge >= 0.3 is 0 Å². The second-order valence-corrected chi connectivity index (χ2v) is 7.55. The zero-order chi connectivity index (χ0) is 18.9. The topological polar surface area (TPSA) is 67.2 Å². The fourth-order valence-corrected chi connectivity index (χ4v) is 4.44. The van der Waals surface area contributed by atoms with Crippen LogP contribution in [-0.2, 0) is 9.53 Å². The molecule has 7 heteroatoms. The Labute approximate surface area is 158 Å². The van der Waals surface area contributed by atoms with Crippen molar-refractivity contribution in [3.05, 3.63) is 36.2 Å². The number of carbonyl (C=O) groups is 2. The maximum Gasteiger partial charge on any atom is 0.257 e. The number of aromatic nitrogens is 2. The number of nitrogens with zero attached hydrogens (tertiary/aromatic N) is 4. The number of amides is 2. The predicted molar refractivity (Wildman–Crippen MR) is 100 cm³/mol. The highest BCUT2D eigenvalue weighted by molar-refractivity contribution is 6.00. The van der Waals surface area contributed by atoms with Crippen molar-refractivity contribution in [2.45, 2.75) is 25.7 Å². The first kappa shape index (κ1) is 18.0. The Balaban J connectivity index is 1.45. The van der Waals surface area contributed by atoms with E-state index >= 15 is 0 Å². The average Bonchev–Trinajstić information content (AvgIpc) is 3.13. The van der Waals surface area contributed by atoms with Gasteiger partial charge in [0.05, 0.1) is 29.3 Å². The van der Waals surface area contributed by atoms with E-state index < -0.39 is 0 Å². The van der Waals surface area contributed by atoms with E-state index in [1.165, 1.54) is 0 Å². The molecule has 144 valence electrons. The van der Waals surface area contributed by atoms with Gasteiger partial charge in [-0.1, -0.05) is 6.07 Å². The summed E-state index contributed by atoms with van der Waals surface area (Å²) in [7, 11) is 1.66. The highest BCUT2D eigenvalue weighted by Gasteiger charge is 2.46. The van der Waals surface area contributed by atoms with Crippen molar-refractivity contribution in [2.75, 3.05) is 39.9 Å². The summed E-state index contributed by atoms with van der Waals surface area (Å²) >= 11 is 0. The quantitative estimate of drug-likeness (QED) is 0.823. The number of methoxy groups -OCH3 is 1. The summed E-state index contributed by atoms with van der Waals surface area (Å²) in [6.07, 6.45) is 6.90. The molecular weight excluding hydrogens is 344 g/mol. The largest absolute Gasteiger partial charge is 0.383 e. The summed E-state index contributed by atoms with van der Waals surface area (Å²) in [5, 5.41) is 4.26. The number of piperidine rings is 2. The van der Waals surface area contributed by atoms with Gasteiger partial charge in [0.1, 0.15) is 0 Å². The van der Waals surface area contributed by atoms with Crippen LogP contribution in [-0.4, -0.2) is 71.1 Å². The van der Waals surface area contributed by atoms with Crippen LogP contribution in [0.2, 0.25) is 0 Å². The van der Waals surface area contributed by atoms with Gasteiger partial charge in [0.2, 0.25) is 5.91 Å². The van der Waals surface area contributed by atoms with Gasteiger partial charge in [-0.25, -0.2) is 4.52 Å². The Morgan fingerprint density at radius 2 is 2.04 bits per heavy atom. The van der Waals surface area contributed by atoms with E-state index in [4.69, 9.17) is 4.74 Å². The molecule has 1 spiro atoms. The molecule has 27 heavy (non-hydrogen) atoms. The van der Waals surface area contributed by atoms with E-state index in [0.29, 0.717) is 31.8 Å². The lowest BCUT2D eigenvalue weighted by atomic mass is 9.71. The van der Waals surface area contributed by atoms with E-state index in [1.54, 1.807) is 17.8 Å². The van der Waals surface area contributed by atoms with Gasteiger partial charge < -0.3 is 14.5 Å².